The Bertz CT molecular complexity index is 94.7. The first-order valence-corrected chi connectivity index (χ1v) is 2.70. The normalized spacial score (nSPS) is 11.8. The monoisotopic (exact) mass is 111 g/mol. The van der Waals surface area contributed by atoms with Gasteiger partial charge in [-0.15, -0.1) is 0 Å². The highest BCUT2D eigenvalue weighted by Crippen LogP contribution is 1.92. The van der Waals surface area contributed by atoms with Crippen LogP contribution in [0.3, 0.4) is 0 Å². The van der Waals surface area contributed by atoms with Gasteiger partial charge in [-0.3, -0.25) is 5.92 Å². The van der Waals surface area contributed by atoms with E-state index in [-0.39, 0.29) is 6.10 Å². The summed E-state index contributed by atoms with van der Waals surface area (Å²) in [5.41, 5.74) is 0. The highest BCUT2D eigenvalue weighted by atomic mass is 16.3. The quantitative estimate of drug-likeness (QED) is 0.416. The van der Waals surface area contributed by atoms with E-state index in [9.17, 15) is 0 Å². The Hall–Kier alpha value is -0.610. The van der Waals surface area contributed by atoms with Crippen LogP contribution in [0.15, 0.2) is 0 Å². The Kier molecular flexibility index (Phi) is 4.20. The van der Waals surface area contributed by atoms with E-state index in [2.05, 4.69) is 18.8 Å². The maximum Gasteiger partial charge on any atom is 0.0505 e. The molecule has 0 rings (SSSR count). The van der Waals surface area contributed by atoms with Crippen molar-refractivity contribution in [1.29, 1.82) is 0 Å². The molecule has 0 aromatic heterocycles. The van der Waals surface area contributed by atoms with Crippen molar-refractivity contribution in [2.75, 3.05) is 0 Å². The zero-order valence-corrected chi connectivity index (χ0v) is 5.15. The SMILES string of the molecule is [CH2-]C#CCCC(C)O. The van der Waals surface area contributed by atoms with Gasteiger partial charge in [-0.2, -0.15) is 6.92 Å². The third-order valence-corrected chi connectivity index (χ3v) is 0.812. The topological polar surface area (TPSA) is 20.2 Å². The highest BCUT2D eigenvalue weighted by molar-refractivity contribution is 5.01. The van der Waals surface area contributed by atoms with Crippen molar-refractivity contribution < 1.29 is 5.11 Å². The standard InChI is InChI=1S/C7H11O/c1-3-4-5-6-7(2)8/h7-8H,1,5-6H2,2H3/q-1. The second-order valence-electron chi connectivity index (χ2n) is 1.74. The fraction of sp³-hybridized carbons (Fsp3) is 0.571. The predicted octanol–water partition coefficient (Wildman–Crippen LogP) is 0.985. The molecule has 1 atom stereocenters. The van der Waals surface area contributed by atoms with Crippen molar-refractivity contribution >= 4 is 0 Å². The molecule has 0 radical (unpaired) electrons. The molecule has 8 heavy (non-hydrogen) atoms. The maximum absolute atomic E-state index is 8.69. The number of hydrogen-bond donors (Lipinski definition) is 1. The van der Waals surface area contributed by atoms with Crippen LogP contribution in [0.5, 0.6) is 0 Å². The molecule has 46 valence electrons. The summed E-state index contributed by atoms with van der Waals surface area (Å²) in [6.45, 7) is 5.09. The molecule has 0 spiro atoms. The van der Waals surface area contributed by atoms with E-state index in [1.807, 2.05) is 0 Å². The van der Waals surface area contributed by atoms with Crippen LogP contribution in [0.2, 0.25) is 0 Å². The molecule has 1 nitrogen and oxygen atoms in total. The lowest BCUT2D eigenvalue weighted by molar-refractivity contribution is 0.186. The molecule has 0 saturated heterocycles. The van der Waals surface area contributed by atoms with E-state index in [0.717, 1.165) is 12.8 Å². The zero-order chi connectivity index (χ0) is 6.41. The Labute approximate surface area is 50.7 Å². The number of aliphatic hydroxyl groups is 1. The Morgan fingerprint density at radius 1 is 1.75 bits per heavy atom. The van der Waals surface area contributed by atoms with Gasteiger partial charge in [0, 0.05) is 0 Å². The molecule has 0 fully saturated rings. The molecule has 0 aliphatic carbocycles. The van der Waals surface area contributed by atoms with E-state index in [1.54, 1.807) is 6.92 Å². The van der Waals surface area contributed by atoms with Gasteiger partial charge in [0.05, 0.1) is 6.10 Å². The molecular formula is C7H11O-. The predicted molar refractivity (Wildman–Crippen MR) is 34.0 cm³/mol. The van der Waals surface area contributed by atoms with Gasteiger partial charge in [0.2, 0.25) is 0 Å². The van der Waals surface area contributed by atoms with Crippen LogP contribution in [0.1, 0.15) is 19.8 Å². The van der Waals surface area contributed by atoms with E-state index in [4.69, 9.17) is 5.11 Å². The van der Waals surface area contributed by atoms with Gasteiger partial charge < -0.3 is 11.0 Å². The van der Waals surface area contributed by atoms with Crippen molar-refractivity contribution in [1.82, 2.24) is 0 Å². The summed E-state index contributed by atoms with van der Waals surface area (Å²) in [6, 6.07) is 0. The smallest absolute Gasteiger partial charge is 0.0505 e. The molecular weight excluding hydrogens is 100 g/mol. The van der Waals surface area contributed by atoms with Gasteiger partial charge in [0.15, 0.2) is 0 Å². The first-order chi connectivity index (χ1) is 3.77. The Morgan fingerprint density at radius 3 is 2.75 bits per heavy atom. The largest absolute Gasteiger partial charge is 0.393 e. The van der Waals surface area contributed by atoms with Crippen LogP contribution in [-0.4, -0.2) is 11.2 Å². The van der Waals surface area contributed by atoms with E-state index < -0.39 is 0 Å². The second-order valence-corrected chi connectivity index (χ2v) is 1.74. The first kappa shape index (κ1) is 7.39. The fourth-order valence-corrected chi connectivity index (χ4v) is 0.369. The van der Waals surface area contributed by atoms with Crippen LogP contribution in [0, 0.1) is 18.8 Å². The summed E-state index contributed by atoms with van der Waals surface area (Å²) >= 11 is 0. The summed E-state index contributed by atoms with van der Waals surface area (Å²) < 4.78 is 0. The van der Waals surface area contributed by atoms with E-state index in [0.29, 0.717) is 0 Å². The van der Waals surface area contributed by atoms with Crippen LogP contribution in [-0.2, 0) is 0 Å². The van der Waals surface area contributed by atoms with Crippen molar-refractivity contribution in [3.8, 4) is 11.8 Å². The number of hydrogen-bond acceptors (Lipinski definition) is 1. The first-order valence-electron chi connectivity index (χ1n) is 2.70. The van der Waals surface area contributed by atoms with Crippen LogP contribution < -0.4 is 0 Å². The van der Waals surface area contributed by atoms with Gasteiger partial charge in [-0.1, -0.05) is 6.42 Å². The van der Waals surface area contributed by atoms with Gasteiger partial charge >= 0.3 is 0 Å². The summed E-state index contributed by atoms with van der Waals surface area (Å²) in [5, 5.41) is 8.69. The fourth-order valence-electron chi connectivity index (χ4n) is 0.369. The van der Waals surface area contributed by atoms with Crippen molar-refractivity contribution in [2.45, 2.75) is 25.9 Å². The molecule has 0 aliphatic rings. The average molecular weight is 111 g/mol. The zero-order valence-electron chi connectivity index (χ0n) is 5.15. The molecule has 0 amide bonds. The summed E-state index contributed by atoms with van der Waals surface area (Å²) in [6.07, 6.45) is 1.28. The second kappa shape index (κ2) is 4.55. The Balaban J connectivity index is 3.01. The summed E-state index contributed by atoms with van der Waals surface area (Å²) in [7, 11) is 0. The minimum Gasteiger partial charge on any atom is -0.393 e. The van der Waals surface area contributed by atoms with Crippen LogP contribution in [0.25, 0.3) is 0 Å². The molecule has 0 aromatic carbocycles. The van der Waals surface area contributed by atoms with Crippen molar-refractivity contribution in [3.05, 3.63) is 6.92 Å². The molecule has 0 aromatic rings. The van der Waals surface area contributed by atoms with Gasteiger partial charge in [-0.25, -0.2) is 0 Å². The number of aliphatic hydroxyl groups excluding tert-OH is 1. The molecule has 1 unspecified atom stereocenters. The third kappa shape index (κ3) is 5.39. The highest BCUT2D eigenvalue weighted by Gasteiger charge is 1.86. The van der Waals surface area contributed by atoms with Crippen LogP contribution in [0.4, 0.5) is 0 Å². The summed E-state index contributed by atoms with van der Waals surface area (Å²) in [5.74, 6) is 5.27. The molecule has 1 N–H and O–H groups in total. The minimum absolute atomic E-state index is 0.226. The lowest BCUT2D eigenvalue weighted by Gasteiger charge is -1.99. The maximum atomic E-state index is 8.69. The third-order valence-electron chi connectivity index (χ3n) is 0.812. The lowest BCUT2D eigenvalue weighted by atomic mass is 10.2. The van der Waals surface area contributed by atoms with E-state index >= 15 is 0 Å². The molecule has 0 aliphatic heterocycles. The number of rotatable bonds is 2. The van der Waals surface area contributed by atoms with Crippen molar-refractivity contribution in [2.24, 2.45) is 0 Å². The van der Waals surface area contributed by atoms with E-state index in [1.165, 1.54) is 0 Å². The molecule has 0 heterocycles. The van der Waals surface area contributed by atoms with Crippen molar-refractivity contribution in [3.63, 3.8) is 0 Å². The lowest BCUT2D eigenvalue weighted by Crippen LogP contribution is -1.96. The molecule has 0 saturated carbocycles. The minimum atomic E-state index is -0.226. The molecule has 1 heteroatoms. The average Bonchev–Trinajstić information content (AvgIpc) is 1.66. The molecule has 0 bridgehead atoms. The summed E-state index contributed by atoms with van der Waals surface area (Å²) in [4.78, 5) is 0. The van der Waals surface area contributed by atoms with Crippen LogP contribution >= 0.6 is 0 Å². The Morgan fingerprint density at radius 2 is 2.38 bits per heavy atom. The van der Waals surface area contributed by atoms with Gasteiger partial charge in [-0.05, 0) is 13.3 Å². The van der Waals surface area contributed by atoms with Gasteiger partial charge in [0.1, 0.15) is 0 Å². The van der Waals surface area contributed by atoms with Gasteiger partial charge in [0.25, 0.3) is 0 Å².